The summed E-state index contributed by atoms with van der Waals surface area (Å²) in [4.78, 5) is 1.15. The molecule has 2 aromatic carbocycles. The first kappa shape index (κ1) is 16.6. The summed E-state index contributed by atoms with van der Waals surface area (Å²) in [7, 11) is -2.07. The van der Waals surface area contributed by atoms with E-state index in [9.17, 15) is 8.42 Å². The van der Waals surface area contributed by atoms with Crippen molar-refractivity contribution in [2.75, 3.05) is 7.11 Å². The van der Waals surface area contributed by atoms with Gasteiger partial charge in [-0.05, 0) is 60.4 Å². The van der Waals surface area contributed by atoms with Crippen LogP contribution in [-0.4, -0.2) is 19.9 Å². The molecule has 24 heavy (non-hydrogen) atoms. The van der Waals surface area contributed by atoms with Gasteiger partial charge in [-0.3, -0.25) is 0 Å². The number of methoxy groups -OCH3 is 1. The Labute approximate surface area is 144 Å². The first-order chi connectivity index (χ1) is 11.4. The van der Waals surface area contributed by atoms with E-state index in [1.54, 1.807) is 19.2 Å². The van der Waals surface area contributed by atoms with Crippen LogP contribution < -0.4 is 9.88 Å². The molecule has 1 heterocycles. The normalized spacial score (nSPS) is 11.5. The third-order valence-corrected chi connectivity index (χ3v) is 5.38. The maximum Gasteiger partial charge on any atom is 0.238 e. The van der Waals surface area contributed by atoms with Crippen LogP contribution in [-0.2, 0) is 10.0 Å². The van der Waals surface area contributed by atoms with Crippen LogP contribution in [0.5, 0.6) is 5.75 Å². The molecule has 3 rings (SSSR count). The molecule has 2 N–H and O–H groups in total. The van der Waals surface area contributed by atoms with Crippen LogP contribution in [0.3, 0.4) is 0 Å². The standard InChI is InChI=1S/C17H16N2O3S2/c1-11-16(12-5-9-15(10-6-12)24(18,20)21)17(19-23-11)13-3-7-14(22-2)8-4-13/h3-10H,1-2H3,(H2,18,20,21). The van der Waals surface area contributed by atoms with E-state index < -0.39 is 10.0 Å². The molecule has 0 amide bonds. The first-order valence-electron chi connectivity index (χ1n) is 7.14. The minimum Gasteiger partial charge on any atom is -0.497 e. The van der Waals surface area contributed by atoms with Crippen LogP contribution in [0.25, 0.3) is 22.4 Å². The summed E-state index contributed by atoms with van der Waals surface area (Å²) in [5, 5.41) is 5.15. The highest BCUT2D eigenvalue weighted by molar-refractivity contribution is 7.89. The second-order valence-electron chi connectivity index (χ2n) is 5.26. The van der Waals surface area contributed by atoms with Crippen molar-refractivity contribution in [3.63, 3.8) is 0 Å². The molecule has 0 unspecified atom stereocenters. The summed E-state index contributed by atoms with van der Waals surface area (Å²) >= 11 is 1.42. The Kier molecular flexibility index (Phi) is 4.40. The third kappa shape index (κ3) is 3.19. The quantitative estimate of drug-likeness (QED) is 0.772. The molecule has 0 aliphatic rings. The van der Waals surface area contributed by atoms with Crippen molar-refractivity contribution in [1.82, 2.24) is 4.37 Å². The van der Waals surface area contributed by atoms with Gasteiger partial charge in [-0.25, -0.2) is 13.6 Å². The molecule has 0 radical (unpaired) electrons. The summed E-state index contributed by atoms with van der Waals surface area (Å²) < 4.78 is 32.5. The summed E-state index contributed by atoms with van der Waals surface area (Å²) in [6.45, 7) is 1.99. The fourth-order valence-corrected chi connectivity index (χ4v) is 3.72. The Morgan fingerprint density at radius 2 is 1.58 bits per heavy atom. The molecule has 124 valence electrons. The summed E-state index contributed by atoms with van der Waals surface area (Å²) in [6.07, 6.45) is 0. The third-order valence-electron chi connectivity index (χ3n) is 3.70. The monoisotopic (exact) mass is 360 g/mol. The number of hydrogen-bond donors (Lipinski definition) is 1. The number of sulfonamides is 1. The second-order valence-corrected chi connectivity index (χ2v) is 7.80. The Morgan fingerprint density at radius 3 is 2.12 bits per heavy atom. The van der Waals surface area contributed by atoms with E-state index in [0.717, 1.165) is 33.0 Å². The molecule has 0 atom stereocenters. The molecule has 0 spiro atoms. The molecule has 5 nitrogen and oxygen atoms in total. The molecular formula is C17H16N2O3S2. The van der Waals surface area contributed by atoms with E-state index in [2.05, 4.69) is 4.37 Å². The van der Waals surface area contributed by atoms with E-state index in [1.165, 1.54) is 23.7 Å². The number of nitrogens with two attached hydrogens (primary N) is 1. The van der Waals surface area contributed by atoms with E-state index in [0.29, 0.717) is 0 Å². The maximum absolute atomic E-state index is 11.4. The van der Waals surface area contributed by atoms with Crippen molar-refractivity contribution in [1.29, 1.82) is 0 Å². The fraction of sp³-hybridized carbons (Fsp3) is 0.118. The van der Waals surface area contributed by atoms with Crippen molar-refractivity contribution in [3.8, 4) is 28.1 Å². The van der Waals surface area contributed by atoms with Crippen LogP contribution >= 0.6 is 11.5 Å². The van der Waals surface area contributed by atoms with Crippen LogP contribution in [0.2, 0.25) is 0 Å². The van der Waals surface area contributed by atoms with Crippen molar-refractivity contribution in [3.05, 3.63) is 53.4 Å². The number of aromatic nitrogens is 1. The van der Waals surface area contributed by atoms with Crippen molar-refractivity contribution < 1.29 is 13.2 Å². The lowest BCUT2D eigenvalue weighted by molar-refractivity contribution is 0.415. The Morgan fingerprint density at radius 1 is 1.00 bits per heavy atom. The topological polar surface area (TPSA) is 82.3 Å². The van der Waals surface area contributed by atoms with E-state index in [4.69, 9.17) is 9.88 Å². The highest BCUT2D eigenvalue weighted by atomic mass is 32.2. The van der Waals surface area contributed by atoms with E-state index in [1.807, 2.05) is 31.2 Å². The average Bonchev–Trinajstić information content (AvgIpc) is 2.96. The SMILES string of the molecule is COc1ccc(-c2nsc(C)c2-c2ccc(S(N)(=O)=O)cc2)cc1. The van der Waals surface area contributed by atoms with Gasteiger partial charge in [-0.2, -0.15) is 4.37 Å². The van der Waals surface area contributed by atoms with Crippen molar-refractivity contribution in [2.24, 2.45) is 5.14 Å². The molecule has 0 fully saturated rings. The zero-order chi connectivity index (χ0) is 17.3. The van der Waals surface area contributed by atoms with Gasteiger partial charge in [0.1, 0.15) is 5.75 Å². The summed E-state index contributed by atoms with van der Waals surface area (Å²) in [5.74, 6) is 0.782. The largest absolute Gasteiger partial charge is 0.497 e. The molecule has 0 saturated heterocycles. The first-order valence-corrected chi connectivity index (χ1v) is 9.46. The van der Waals surface area contributed by atoms with Gasteiger partial charge in [0.15, 0.2) is 0 Å². The number of rotatable bonds is 4. The molecule has 0 aliphatic heterocycles. The highest BCUT2D eigenvalue weighted by Crippen LogP contribution is 2.37. The van der Waals surface area contributed by atoms with Crippen LogP contribution in [0.4, 0.5) is 0 Å². The zero-order valence-electron chi connectivity index (χ0n) is 13.2. The average molecular weight is 360 g/mol. The number of hydrogen-bond acceptors (Lipinski definition) is 5. The second kappa shape index (κ2) is 6.35. The summed E-state index contributed by atoms with van der Waals surface area (Å²) in [6, 6.07) is 14.2. The van der Waals surface area contributed by atoms with Gasteiger partial charge in [0, 0.05) is 16.0 Å². The molecule has 0 bridgehead atoms. The predicted molar refractivity (Wildman–Crippen MR) is 95.6 cm³/mol. The Bertz CT molecular complexity index is 960. The lowest BCUT2D eigenvalue weighted by atomic mass is 10.00. The highest BCUT2D eigenvalue weighted by Gasteiger charge is 2.16. The number of ether oxygens (including phenoxy) is 1. The minimum atomic E-state index is -3.70. The molecule has 0 aliphatic carbocycles. The number of aryl methyl sites for hydroxylation is 1. The molecule has 7 heteroatoms. The van der Waals surface area contributed by atoms with Gasteiger partial charge in [-0.15, -0.1) is 0 Å². The lowest BCUT2D eigenvalue weighted by Gasteiger charge is -2.07. The predicted octanol–water partition coefficient (Wildman–Crippen LogP) is 3.44. The lowest BCUT2D eigenvalue weighted by Crippen LogP contribution is -2.11. The molecule has 1 aromatic heterocycles. The van der Waals surface area contributed by atoms with Crippen LogP contribution in [0, 0.1) is 6.92 Å². The van der Waals surface area contributed by atoms with Gasteiger partial charge < -0.3 is 4.74 Å². The summed E-state index contributed by atoms with van der Waals surface area (Å²) in [5.41, 5.74) is 3.74. The minimum absolute atomic E-state index is 0.0955. The van der Waals surface area contributed by atoms with E-state index >= 15 is 0 Å². The van der Waals surface area contributed by atoms with Crippen molar-refractivity contribution in [2.45, 2.75) is 11.8 Å². The molecule has 3 aromatic rings. The van der Waals surface area contributed by atoms with Crippen LogP contribution in [0.1, 0.15) is 4.88 Å². The zero-order valence-corrected chi connectivity index (χ0v) is 14.8. The maximum atomic E-state index is 11.4. The van der Waals surface area contributed by atoms with Crippen LogP contribution in [0.15, 0.2) is 53.4 Å². The molecule has 0 saturated carbocycles. The number of primary sulfonamides is 1. The fourth-order valence-electron chi connectivity index (χ4n) is 2.47. The Hall–Kier alpha value is -2.22. The van der Waals surface area contributed by atoms with Gasteiger partial charge >= 0.3 is 0 Å². The van der Waals surface area contributed by atoms with Gasteiger partial charge in [0.25, 0.3) is 0 Å². The smallest absolute Gasteiger partial charge is 0.238 e. The van der Waals surface area contributed by atoms with Gasteiger partial charge in [0.2, 0.25) is 10.0 Å². The van der Waals surface area contributed by atoms with E-state index in [-0.39, 0.29) is 4.90 Å². The van der Waals surface area contributed by atoms with Gasteiger partial charge in [-0.1, -0.05) is 12.1 Å². The number of benzene rings is 2. The number of nitrogens with zero attached hydrogens (tertiary/aromatic N) is 1. The van der Waals surface area contributed by atoms with Gasteiger partial charge in [0.05, 0.1) is 17.7 Å². The van der Waals surface area contributed by atoms with Crippen molar-refractivity contribution >= 4 is 21.6 Å². The molecular weight excluding hydrogens is 344 g/mol. The Balaban J connectivity index is 2.07.